The Morgan fingerprint density at radius 2 is 1.96 bits per heavy atom. The molecule has 0 saturated carbocycles. The van der Waals surface area contributed by atoms with Gasteiger partial charge in [0.15, 0.2) is 0 Å². The zero-order valence-electron chi connectivity index (χ0n) is 14.3. The van der Waals surface area contributed by atoms with Crippen molar-refractivity contribution < 1.29 is 19.4 Å². The van der Waals surface area contributed by atoms with Crippen molar-refractivity contribution in [2.45, 2.75) is 26.0 Å². The molecule has 1 heterocycles. The van der Waals surface area contributed by atoms with Gasteiger partial charge in [0, 0.05) is 30.4 Å². The third-order valence-electron chi connectivity index (χ3n) is 4.07. The molecule has 0 aliphatic rings. The van der Waals surface area contributed by atoms with Gasteiger partial charge in [-0.25, -0.2) is 0 Å². The Balaban J connectivity index is 1.79. The molecule has 1 atom stereocenters. The van der Waals surface area contributed by atoms with E-state index in [1.54, 1.807) is 6.20 Å². The number of carboxylic acids is 1. The molecule has 0 aliphatic carbocycles. The molecular formula is C20H19N2O4-. The molecule has 0 fully saturated rings. The van der Waals surface area contributed by atoms with E-state index < -0.39 is 17.9 Å². The van der Waals surface area contributed by atoms with E-state index >= 15 is 0 Å². The lowest BCUT2D eigenvalue weighted by atomic mass is 10.0. The van der Waals surface area contributed by atoms with Crippen LogP contribution in [0.1, 0.15) is 18.1 Å². The number of benzene rings is 2. The van der Waals surface area contributed by atoms with E-state index in [0.717, 1.165) is 22.0 Å². The van der Waals surface area contributed by atoms with Gasteiger partial charge in [0.05, 0.1) is 12.0 Å². The second-order valence-corrected chi connectivity index (χ2v) is 6.07. The molecule has 0 bridgehead atoms. The number of carbonyl (C=O) groups excluding carboxylic acids is 2. The first kappa shape index (κ1) is 17.5. The van der Waals surface area contributed by atoms with Gasteiger partial charge in [0.2, 0.25) is 5.91 Å². The Bertz CT molecular complexity index is 918. The number of nitrogens with one attached hydrogen (secondary N) is 2. The number of aliphatic carboxylic acids is 1. The first-order valence-electron chi connectivity index (χ1n) is 8.27. The molecule has 1 amide bonds. The maximum absolute atomic E-state index is 11.3. The summed E-state index contributed by atoms with van der Waals surface area (Å²) in [6, 6.07) is 14.3. The summed E-state index contributed by atoms with van der Waals surface area (Å²) in [6.45, 7) is 1.72. The minimum atomic E-state index is -1.31. The van der Waals surface area contributed by atoms with Crippen molar-refractivity contribution in [3.8, 4) is 5.75 Å². The molecule has 134 valence electrons. The average molecular weight is 351 g/mol. The van der Waals surface area contributed by atoms with Gasteiger partial charge in [-0.2, -0.15) is 0 Å². The summed E-state index contributed by atoms with van der Waals surface area (Å²) < 4.78 is 5.83. The van der Waals surface area contributed by atoms with Crippen molar-refractivity contribution in [2.24, 2.45) is 0 Å². The van der Waals surface area contributed by atoms with Crippen molar-refractivity contribution in [3.05, 3.63) is 65.9 Å². The lowest BCUT2D eigenvalue weighted by Crippen LogP contribution is -2.48. The lowest BCUT2D eigenvalue weighted by Gasteiger charge is -2.18. The maximum atomic E-state index is 11.3. The fourth-order valence-corrected chi connectivity index (χ4v) is 2.82. The van der Waals surface area contributed by atoms with Gasteiger partial charge >= 0.3 is 0 Å². The molecule has 0 saturated heterocycles. The smallest absolute Gasteiger partial charge is 0.217 e. The quantitative estimate of drug-likeness (QED) is 0.675. The van der Waals surface area contributed by atoms with Crippen LogP contribution in [-0.2, 0) is 22.6 Å². The highest BCUT2D eigenvalue weighted by Crippen LogP contribution is 2.25. The van der Waals surface area contributed by atoms with Gasteiger partial charge in [-0.05, 0) is 29.3 Å². The molecule has 6 nitrogen and oxygen atoms in total. The van der Waals surface area contributed by atoms with Gasteiger partial charge in [0.25, 0.3) is 0 Å². The van der Waals surface area contributed by atoms with Crippen LogP contribution in [0.4, 0.5) is 0 Å². The highest BCUT2D eigenvalue weighted by Gasteiger charge is 2.15. The van der Waals surface area contributed by atoms with Gasteiger partial charge in [0.1, 0.15) is 12.4 Å². The molecule has 2 N–H and O–H groups in total. The Kier molecular flexibility index (Phi) is 5.22. The number of carboxylic acid groups (broad SMARTS) is 1. The van der Waals surface area contributed by atoms with Crippen LogP contribution in [0, 0.1) is 0 Å². The molecule has 0 aliphatic heterocycles. The van der Waals surface area contributed by atoms with E-state index in [2.05, 4.69) is 10.3 Å². The zero-order chi connectivity index (χ0) is 18.5. The third-order valence-corrected chi connectivity index (χ3v) is 4.07. The van der Waals surface area contributed by atoms with Crippen LogP contribution in [0.25, 0.3) is 10.9 Å². The number of hydrogen-bond acceptors (Lipinski definition) is 4. The largest absolute Gasteiger partial charge is 0.548 e. The summed E-state index contributed by atoms with van der Waals surface area (Å²) in [5, 5.41) is 14.5. The minimum Gasteiger partial charge on any atom is -0.548 e. The molecule has 1 aromatic heterocycles. The molecular weight excluding hydrogens is 332 g/mol. The van der Waals surface area contributed by atoms with Crippen molar-refractivity contribution in [3.63, 3.8) is 0 Å². The number of amides is 1. The Hall–Kier alpha value is -3.28. The highest BCUT2D eigenvalue weighted by molar-refractivity contribution is 5.86. The van der Waals surface area contributed by atoms with Gasteiger partial charge < -0.3 is 24.9 Å². The summed E-state index contributed by atoms with van der Waals surface area (Å²) >= 11 is 0. The van der Waals surface area contributed by atoms with E-state index in [1.807, 2.05) is 48.5 Å². The Morgan fingerprint density at radius 3 is 2.65 bits per heavy atom. The van der Waals surface area contributed by atoms with Crippen LogP contribution in [0.5, 0.6) is 5.75 Å². The summed E-state index contributed by atoms with van der Waals surface area (Å²) in [4.78, 5) is 25.6. The molecule has 0 spiro atoms. The standard InChI is InChI=1S/C20H20N2O4/c1-13(23)22-19(20(24)25)9-15-11-21-18-8-7-16(10-17(15)18)26-12-14-5-3-2-4-6-14/h2-8,10-11,19,21H,9,12H2,1H3,(H,22,23)(H,24,25)/p-1/t19-/m0/s1. The van der Waals surface area contributed by atoms with E-state index in [1.165, 1.54) is 6.92 Å². The number of ether oxygens (including phenoxy) is 1. The Morgan fingerprint density at radius 1 is 1.19 bits per heavy atom. The first-order valence-corrected chi connectivity index (χ1v) is 8.27. The van der Waals surface area contributed by atoms with Crippen molar-refractivity contribution in [2.75, 3.05) is 0 Å². The van der Waals surface area contributed by atoms with Crippen LogP contribution >= 0.6 is 0 Å². The van der Waals surface area contributed by atoms with Crippen LogP contribution in [0.15, 0.2) is 54.7 Å². The molecule has 3 aromatic rings. The molecule has 6 heteroatoms. The second kappa shape index (κ2) is 7.74. The fourth-order valence-electron chi connectivity index (χ4n) is 2.82. The SMILES string of the molecule is CC(=O)N[C@@H](Cc1c[nH]c2ccc(OCc3ccccc3)cc12)C(=O)[O-]. The number of H-pyrrole nitrogens is 1. The van der Waals surface area contributed by atoms with Crippen LogP contribution < -0.4 is 15.2 Å². The average Bonchev–Trinajstić information content (AvgIpc) is 3.02. The number of aromatic amines is 1. The summed E-state index contributed by atoms with van der Waals surface area (Å²) in [5.74, 6) is -1.04. The van der Waals surface area contributed by atoms with E-state index in [-0.39, 0.29) is 6.42 Å². The van der Waals surface area contributed by atoms with Gasteiger partial charge in [-0.1, -0.05) is 30.3 Å². The summed E-state index contributed by atoms with van der Waals surface area (Å²) in [5.41, 5.74) is 2.70. The maximum Gasteiger partial charge on any atom is 0.217 e. The summed E-state index contributed by atoms with van der Waals surface area (Å²) in [7, 11) is 0. The fraction of sp³-hybridized carbons (Fsp3) is 0.200. The topological polar surface area (TPSA) is 94.2 Å². The number of fused-ring (bicyclic) bond motifs is 1. The zero-order valence-corrected chi connectivity index (χ0v) is 14.3. The number of hydrogen-bond donors (Lipinski definition) is 2. The van der Waals surface area contributed by atoms with Crippen molar-refractivity contribution >= 4 is 22.8 Å². The van der Waals surface area contributed by atoms with Crippen LogP contribution in [0.2, 0.25) is 0 Å². The first-order chi connectivity index (χ1) is 12.5. The highest BCUT2D eigenvalue weighted by atomic mass is 16.5. The van der Waals surface area contributed by atoms with E-state index in [9.17, 15) is 14.7 Å². The molecule has 26 heavy (non-hydrogen) atoms. The minimum absolute atomic E-state index is 0.129. The van der Waals surface area contributed by atoms with E-state index in [4.69, 9.17) is 4.74 Å². The van der Waals surface area contributed by atoms with Crippen LogP contribution in [0.3, 0.4) is 0 Å². The van der Waals surface area contributed by atoms with Crippen molar-refractivity contribution in [1.29, 1.82) is 0 Å². The lowest BCUT2D eigenvalue weighted by molar-refractivity contribution is -0.308. The number of rotatable bonds is 7. The Labute approximate surface area is 150 Å². The normalized spacial score (nSPS) is 11.9. The number of carbonyl (C=O) groups is 2. The van der Waals surface area contributed by atoms with Crippen molar-refractivity contribution in [1.82, 2.24) is 10.3 Å². The molecule has 0 radical (unpaired) electrons. The predicted octanol–water partition coefficient (Wildman–Crippen LogP) is 1.54. The third kappa shape index (κ3) is 4.22. The van der Waals surface area contributed by atoms with E-state index in [0.29, 0.717) is 12.4 Å². The van der Waals surface area contributed by atoms with Gasteiger partial charge in [-0.15, -0.1) is 0 Å². The number of aromatic nitrogens is 1. The molecule has 2 aromatic carbocycles. The van der Waals surface area contributed by atoms with Crippen LogP contribution in [-0.4, -0.2) is 22.9 Å². The molecule has 0 unspecified atom stereocenters. The summed E-state index contributed by atoms with van der Waals surface area (Å²) in [6.07, 6.45) is 1.87. The molecule has 3 rings (SSSR count). The second-order valence-electron chi connectivity index (χ2n) is 6.07. The predicted molar refractivity (Wildman–Crippen MR) is 95.4 cm³/mol. The van der Waals surface area contributed by atoms with Gasteiger partial charge in [-0.3, -0.25) is 4.79 Å². The monoisotopic (exact) mass is 351 g/mol.